The smallest absolute Gasteiger partial charge is 0.119 e. The van der Waals surface area contributed by atoms with Crippen LogP contribution in [0.4, 0.5) is 0 Å². The van der Waals surface area contributed by atoms with Crippen LogP contribution in [0.1, 0.15) is 76.0 Å². The lowest BCUT2D eigenvalue weighted by Crippen LogP contribution is -2.47. The summed E-state index contributed by atoms with van der Waals surface area (Å²) in [6.07, 6.45) is 6.16. The van der Waals surface area contributed by atoms with Crippen LogP contribution in [0.3, 0.4) is 0 Å². The first kappa shape index (κ1) is 15.9. The summed E-state index contributed by atoms with van der Waals surface area (Å²) >= 11 is 0. The van der Waals surface area contributed by atoms with Crippen molar-refractivity contribution in [2.75, 3.05) is 6.61 Å². The predicted octanol–water partition coefficient (Wildman–Crippen LogP) is 4.52. The third-order valence-electron chi connectivity index (χ3n) is 6.60. The van der Waals surface area contributed by atoms with E-state index in [-0.39, 0.29) is 17.9 Å². The van der Waals surface area contributed by atoms with Crippen molar-refractivity contribution in [3.63, 3.8) is 0 Å². The fourth-order valence-electron chi connectivity index (χ4n) is 5.34. The zero-order valence-corrected chi connectivity index (χ0v) is 14.4. The second-order valence-corrected chi connectivity index (χ2v) is 8.50. The van der Waals surface area contributed by atoms with Gasteiger partial charge in [-0.15, -0.1) is 0 Å². The Morgan fingerprint density at radius 1 is 1.23 bits per heavy atom. The third kappa shape index (κ3) is 2.27. The van der Waals surface area contributed by atoms with Crippen LogP contribution >= 0.6 is 0 Å². The molecule has 0 amide bonds. The van der Waals surface area contributed by atoms with E-state index in [1.807, 2.05) is 13.0 Å². The van der Waals surface area contributed by atoms with Crippen molar-refractivity contribution in [3.05, 3.63) is 28.8 Å². The van der Waals surface area contributed by atoms with E-state index >= 15 is 0 Å². The Bertz CT molecular complexity index is 575. The Hall–Kier alpha value is -1.02. The summed E-state index contributed by atoms with van der Waals surface area (Å²) in [7, 11) is 0. The molecule has 0 bridgehead atoms. The molecule has 0 radical (unpaired) electrons. The van der Waals surface area contributed by atoms with Gasteiger partial charge in [0.25, 0.3) is 0 Å². The fourth-order valence-corrected chi connectivity index (χ4v) is 5.34. The van der Waals surface area contributed by atoms with E-state index in [9.17, 15) is 10.2 Å². The molecule has 1 aromatic rings. The molecule has 2 nitrogen and oxygen atoms in total. The Morgan fingerprint density at radius 3 is 2.64 bits per heavy atom. The number of benzene rings is 1. The van der Waals surface area contributed by atoms with Gasteiger partial charge in [0.2, 0.25) is 0 Å². The minimum Gasteiger partial charge on any atom is -0.508 e. The Labute approximate surface area is 134 Å². The first-order chi connectivity index (χ1) is 10.3. The molecule has 0 aromatic heterocycles. The monoisotopic (exact) mass is 302 g/mol. The van der Waals surface area contributed by atoms with Crippen molar-refractivity contribution >= 4 is 0 Å². The molecule has 22 heavy (non-hydrogen) atoms. The summed E-state index contributed by atoms with van der Waals surface area (Å²) in [5.74, 6) is 1.06. The summed E-state index contributed by atoms with van der Waals surface area (Å²) in [4.78, 5) is 0. The number of aliphatic hydroxyl groups excluding tert-OH is 1. The van der Waals surface area contributed by atoms with Crippen LogP contribution in [0.2, 0.25) is 0 Å². The normalized spacial score (nSPS) is 31.2. The van der Waals surface area contributed by atoms with Crippen LogP contribution < -0.4 is 0 Å². The molecule has 122 valence electrons. The molecule has 2 heteroatoms. The largest absolute Gasteiger partial charge is 0.508 e. The molecule has 2 aliphatic carbocycles. The first-order valence-electron chi connectivity index (χ1n) is 8.77. The molecule has 1 saturated carbocycles. The van der Waals surface area contributed by atoms with Gasteiger partial charge in [-0.25, -0.2) is 0 Å². The molecule has 2 N–H and O–H groups in total. The highest BCUT2D eigenvalue weighted by molar-refractivity contribution is 5.49. The molecule has 0 aliphatic heterocycles. The summed E-state index contributed by atoms with van der Waals surface area (Å²) in [5.41, 5.74) is 4.23. The van der Waals surface area contributed by atoms with Gasteiger partial charge in [-0.2, -0.15) is 0 Å². The molecule has 1 aromatic carbocycles. The van der Waals surface area contributed by atoms with E-state index in [0.717, 1.165) is 12.0 Å². The number of fused-ring (bicyclic) bond motifs is 3. The maximum absolute atomic E-state index is 10.5. The number of aromatic hydroxyl groups is 1. The zero-order valence-electron chi connectivity index (χ0n) is 14.4. The molecule has 1 fully saturated rings. The summed E-state index contributed by atoms with van der Waals surface area (Å²) in [6.45, 7) is 9.30. The molecule has 0 saturated heterocycles. The Balaban J connectivity index is 2.09. The van der Waals surface area contributed by atoms with Crippen molar-refractivity contribution in [3.8, 4) is 5.75 Å². The fraction of sp³-hybridized carbons (Fsp3) is 0.700. The van der Waals surface area contributed by atoms with Gasteiger partial charge in [0.1, 0.15) is 5.75 Å². The Morgan fingerprint density at radius 2 is 1.95 bits per heavy atom. The van der Waals surface area contributed by atoms with E-state index in [1.165, 1.54) is 36.8 Å². The molecule has 3 atom stereocenters. The third-order valence-corrected chi connectivity index (χ3v) is 6.60. The molecule has 2 aliphatic rings. The van der Waals surface area contributed by atoms with Gasteiger partial charge in [0, 0.05) is 12.5 Å². The number of rotatable bonds is 2. The highest BCUT2D eigenvalue weighted by Crippen LogP contribution is 2.57. The highest BCUT2D eigenvalue weighted by Gasteiger charge is 2.49. The van der Waals surface area contributed by atoms with Crippen LogP contribution in [0, 0.1) is 11.3 Å². The van der Waals surface area contributed by atoms with Crippen LogP contribution in [-0.2, 0) is 11.8 Å². The topological polar surface area (TPSA) is 40.5 Å². The zero-order chi connectivity index (χ0) is 16.1. The van der Waals surface area contributed by atoms with Gasteiger partial charge in [-0.3, -0.25) is 0 Å². The van der Waals surface area contributed by atoms with E-state index in [4.69, 9.17) is 0 Å². The SMILES string of the molecule is C[C@@H](CO)c1cc2c(cc1O)[C@@]1(C)CCCC(C)(C)[C@@H]1CC2. The number of phenols is 1. The number of phenolic OH excluding ortho intramolecular Hbond substituents is 1. The lowest BCUT2D eigenvalue weighted by Gasteiger charge is -2.54. The van der Waals surface area contributed by atoms with Crippen molar-refractivity contribution in [2.24, 2.45) is 11.3 Å². The number of hydrogen-bond acceptors (Lipinski definition) is 2. The highest BCUT2D eigenvalue weighted by atomic mass is 16.3. The van der Waals surface area contributed by atoms with E-state index in [0.29, 0.717) is 17.1 Å². The minimum absolute atomic E-state index is 0.00127. The van der Waals surface area contributed by atoms with Crippen molar-refractivity contribution in [1.82, 2.24) is 0 Å². The number of hydrogen-bond donors (Lipinski definition) is 2. The van der Waals surface area contributed by atoms with E-state index in [2.05, 4.69) is 26.8 Å². The van der Waals surface area contributed by atoms with Crippen molar-refractivity contribution in [2.45, 2.75) is 71.1 Å². The van der Waals surface area contributed by atoms with Crippen LogP contribution in [0.15, 0.2) is 12.1 Å². The summed E-state index contributed by atoms with van der Waals surface area (Å²) in [6, 6.07) is 4.18. The van der Waals surface area contributed by atoms with Gasteiger partial charge >= 0.3 is 0 Å². The van der Waals surface area contributed by atoms with Gasteiger partial charge in [-0.05, 0) is 65.2 Å². The van der Waals surface area contributed by atoms with Crippen molar-refractivity contribution < 1.29 is 10.2 Å². The standard InChI is InChI=1S/C20H30O2/c1-13(12-21)15-10-14-6-7-18-19(2,3)8-5-9-20(18,4)16(14)11-17(15)22/h10-11,13,18,21-22H,5-9,12H2,1-4H3/t13-,18-,20+/m0/s1. The minimum atomic E-state index is -0.00127. The summed E-state index contributed by atoms with van der Waals surface area (Å²) < 4.78 is 0. The lowest BCUT2D eigenvalue weighted by molar-refractivity contribution is 0.0405. The second kappa shape index (κ2) is 5.26. The van der Waals surface area contributed by atoms with Gasteiger partial charge in [0.05, 0.1) is 0 Å². The van der Waals surface area contributed by atoms with Gasteiger partial charge < -0.3 is 10.2 Å². The molecule has 0 unspecified atom stereocenters. The van der Waals surface area contributed by atoms with Crippen LogP contribution in [0.25, 0.3) is 0 Å². The molecule has 0 heterocycles. The van der Waals surface area contributed by atoms with Gasteiger partial charge in [-0.1, -0.05) is 40.2 Å². The lowest BCUT2D eigenvalue weighted by atomic mass is 9.50. The van der Waals surface area contributed by atoms with Crippen molar-refractivity contribution in [1.29, 1.82) is 0 Å². The van der Waals surface area contributed by atoms with Crippen LogP contribution in [-0.4, -0.2) is 16.8 Å². The molecule has 3 rings (SSSR count). The molecular formula is C20H30O2. The second-order valence-electron chi connectivity index (χ2n) is 8.50. The van der Waals surface area contributed by atoms with Gasteiger partial charge in [0.15, 0.2) is 0 Å². The average molecular weight is 302 g/mol. The molecular weight excluding hydrogens is 272 g/mol. The maximum Gasteiger partial charge on any atom is 0.119 e. The number of aryl methyl sites for hydroxylation is 1. The first-order valence-corrected chi connectivity index (χ1v) is 8.77. The summed E-state index contributed by atoms with van der Waals surface area (Å²) in [5, 5.41) is 19.9. The van der Waals surface area contributed by atoms with E-state index in [1.54, 1.807) is 0 Å². The maximum atomic E-state index is 10.5. The number of aliphatic hydroxyl groups is 1. The predicted molar refractivity (Wildman–Crippen MR) is 90.4 cm³/mol. The quantitative estimate of drug-likeness (QED) is 0.843. The van der Waals surface area contributed by atoms with E-state index < -0.39 is 0 Å². The molecule has 0 spiro atoms. The van der Waals surface area contributed by atoms with Crippen LogP contribution in [0.5, 0.6) is 5.75 Å². The average Bonchev–Trinajstić information content (AvgIpc) is 2.45. The Kier molecular flexibility index (Phi) is 3.79.